The third kappa shape index (κ3) is 2.99. The zero-order valence-electron chi connectivity index (χ0n) is 11.9. The van der Waals surface area contributed by atoms with Gasteiger partial charge in [-0.3, -0.25) is 0 Å². The first-order valence-corrected chi connectivity index (χ1v) is 6.45. The number of carbonyl (C=O) groups is 1. The molecule has 0 spiro atoms. The largest absolute Gasteiger partial charge is 0.492 e. The second-order valence-corrected chi connectivity index (χ2v) is 4.66. The Labute approximate surface area is 117 Å². The van der Waals surface area contributed by atoms with Gasteiger partial charge >= 0.3 is 5.97 Å². The van der Waals surface area contributed by atoms with Crippen molar-refractivity contribution in [1.29, 1.82) is 0 Å². The molecule has 2 rings (SSSR count). The van der Waals surface area contributed by atoms with Crippen molar-refractivity contribution in [3.05, 3.63) is 47.0 Å². The number of carboxylic acids is 1. The van der Waals surface area contributed by atoms with Crippen molar-refractivity contribution in [1.82, 2.24) is 9.55 Å². The fourth-order valence-corrected chi connectivity index (χ4v) is 2.10. The van der Waals surface area contributed by atoms with Crippen molar-refractivity contribution in [2.45, 2.75) is 27.3 Å². The molecule has 0 amide bonds. The Kier molecular flexibility index (Phi) is 4.08. The summed E-state index contributed by atoms with van der Waals surface area (Å²) in [6.07, 6.45) is 0. The van der Waals surface area contributed by atoms with Gasteiger partial charge in [0, 0.05) is 5.69 Å². The molecule has 1 aromatic carbocycles. The van der Waals surface area contributed by atoms with Gasteiger partial charge in [0.15, 0.2) is 0 Å². The maximum absolute atomic E-state index is 10.7. The number of hydrogen-bond acceptors (Lipinski definition) is 3. The smallest absolute Gasteiger partial charge is 0.335 e. The molecule has 0 unspecified atom stereocenters. The van der Waals surface area contributed by atoms with Crippen LogP contribution in [0.3, 0.4) is 0 Å². The summed E-state index contributed by atoms with van der Waals surface area (Å²) in [5.41, 5.74) is 2.44. The molecule has 2 aromatic rings. The molecule has 0 bridgehead atoms. The Hall–Kier alpha value is -2.30. The number of nitrogens with zero attached hydrogens (tertiary/aromatic N) is 2. The summed E-state index contributed by atoms with van der Waals surface area (Å²) in [7, 11) is 0. The van der Waals surface area contributed by atoms with E-state index in [1.165, 1.54) is 12.1 Å². The van der Waals surface area contributed by atoms with Crippen LogP contribution in [0, 0.1) is 20.8 Å². The Bertz CT molecular complexity index is 615. The summed E-state index contributed by atoms with van der Waals surface area (Å²) in [5, 5.41) is 8.81. The first-order valence-electron chi connectivity index (χ1n) is 6.45. The van der Waals surface area contributed by atoms with Crippen LogP contribution in [0.4, 0.5) is 0 Å². The predicted molar refractivity (Wildman–Crippen MR) is 75.3 cm³/mol. The lowest BCUT2D eigenvalue weighted by Crippen LogP contribution is -2.11. The van der Waals surface area contributed by atoms with Gasteiger partial charge in [0.25, 0.3) is 0 Å². The van der Waals surface area contributed by atoms with Gasteiger partial charge < -0.3 is 14.4 Å². The molecular weight excluding hydrogens is 256 g/mol. The van der Waals surface area contributed by atoms with Crippen LogP contribution in [-0.2, 0) is 6.54 Å². The van der Waals surface area contributed by atoms with Crippen molar-refractivity contribution in [2.24, 2.45) is 0 Å². The maximum Gasteiger partial charge on any atom is 0.335 e. The highest BCUT2D eigenvalue weighted by Crippen LogP contribution is 2.13. The van der Waals surface area contributed by atoms with Gasteiger partial charge in [0.2, 0.25) is 0 Å². The highest BCUT2D eigenvalue weighted by Gasteiger charge is 2.07. The van der Waals surface area contributed by atoms with Gasteiger partial charge in [-0.1, -0.05) is 0 Å². The number of hydrogen-bond donors (Lipinski definition) is 1. The van der Waals surface area contributed by atoms with E-state index in [2.05, 4.69) is 9.55 Å². The van der Waals surface area contributed by atoms with E-state index >= 15 is 0 Å². The second-order valence-electron chi connectivity index (χ2n) is 4.66. The molecule has 1 aromatic heterocycles. The lowest BCUT2D eigenvalue weighted by molar-refractivity contribution is 0.0697. The number of aromatic nitrogens is 2. The molecule has 0 aliphatic carbocycles. The number of imidazole rings is 1. The van der Waals surface area contributed by atoms with Crippen LogP contribution in [-0.4, -0.2) is 27.2 Å². The Balaban J connectivity index is 1.94. The molecule has 106 valence electrons. The molecule has 0 saturated carbocycles. The van der Waals surface area contributed by atoms with E-state index in [0.717, 1.165) is 23.8 Å². The van der Waals surface area contributed by atoms with E-state index in [0.29, 0.717) is 12.4 Å². The standard InChI is InChI=1S/C15H18N2O3/c1-10-11(2)17(12(3)16-10)8-9-20-14-6-4-13(5-7-14)15(18)19/h4-7H,8-9H2,1-3H3,(H,18,19). The second kappa shape index (κ2) is 5.77. The highest BCUT2D eigenvalue weighted by atomic mass is 16.5. The molecule has 0 aliphatic rings. The summed E-state index contributed by atoms with van der Waals surface area (Å²) < 4.78 is 7.73. The first kappa shape index (κ1) is 14.1. The normalized spacial score (nSPS) is 10.6. The van der Waals surface area contributed by atoms with E-state index in [1.54, 1.807) is 12.1 Å². The zero-order chi connectivity index (χ0) is 14.7. The molecule has 5 heteroatoms. The van der Waals surface area contributed by atoms with Gasteiger partial charge in [0.05, 0.1) is 17.8 Å². The third-order valence-corrected chi connectivity index (χ3v) is 3.33. The minimum atomic E-state index is -0.934. The summed E-state index contributed by atoms with van der Waals surface area (Å²) in [6.45, 7) is 7.24. The number of aromatic carboxylic acids is 1. The van der Waals surface area contributed by atoms with Gasteiger partial charge in [-0.2, -0.15) is 0 Å². The molecule has 20 heavy (non-hydrogen) atoms. The van der Waals surface area contributed by atoms with Crippen LogP contribution in [0.1, 0.15) is 27.6 Å². The Morgan fingerprint density at radius 1 is 1.25 bits per heavy atom. The highest BCUT2D eigenvalue weighted by molar-refractivity contribution is 5.87. The number of carboxylic acid groups (broad SMARTS) is 1. The molecular formula is C15H18N2O3. The van der Waals surface area contributed by atoms with Crippen molar-refractivity contribution in [3.63, 3.8) is 0 Å². The lowest BCUT2D eigenvalue weighted by Gasteiger charge is -2.10. The fraction of sp³-hybridized carbons (Fsp3) is 0.333. The van der Waals surface area contributed by atoms with E-state index in [-0.39, 0.29) is 5.56 Å². The van der Waals surface area contributed by atoms with Crippen LogP contribution < -0.4 is 4.74 Å². The number of benzene rings is 1. The van der Waals surface area contributed by atoms with Gasteiger partial charge in [-0.15, -0.1) is 0 Å². The summed E-state index contributed by atoms with van der Waals surface area (Å²) in [5.74, 6) is 0.712. The molecule has 0 radical (unpaired) electrons. The van der Waals surface area contributed by atoms with E-state index in [9.17, 15) is 4.79 Å². The van der Waals surface area contributed by atoms with E-state index in [4.69, 9.17) is 9.84 Å². The maximum atomic E-state index is 10.7. The third-order valence-electron chi connectivity index (χ3n) is 3.33. The van der Waals surface area contributed by atoms with Crippen LogP contribution in [0.2, 0.25) is 0 Å². The summed E-state index contributed by atoms with van der Waals surface area (Å²) >= 11 is 0. The average Bonchev–Trinajstić information content (AvgIpc) is 2.65. The Morgan fingerprint density at radius 2 is 1.90 bits per heavy atom. The molecule has 0 aliphatic heterocycles. The average molecular weight is 274 g/mol. The van der Waals surface area contributed by atoms with Crippen LogP contribution in [0.25, 0.3) is 0 Å². The molecule has 1 N–H and O–H groups in total. The SMILES string of the molecule is Cc1nc(C)n(CCOc2ccc(C(=O)O)cc2)c1C. The predicted octanol–water partition coefficient (Wildman–Crippen LogP) is 2.59. The summed E-state index contributed by atoms with van der Waals surface area (Å²) in [6, 6.07) is 6.41. The Morgan fingerprint density at radius 3 is 2.40 bits per heavy atom. The van der Waals surface area contributed by atoms with Crippen molar-refractivity contribution in [2.75, 3.05) is 6.61 Å². The van der Waals surface area contributed by atoms with Crippen LogP contribution in [0.5, 0.6) is 5.75 Å². The quantitative estimate of drug-likeness (QED) is 0.910. The minimum absolute atomic E-state index is 0.259. The van der Waals surface area contributed by atoms with Gasteiger partial charge in [-0.05, 0) is 45.0 Å². The molecule has 0 saturated heterocycles. The fourth-order valence-electron chi connectivity index (χ4n) is 2.10. The zero-order valence-corrected chi connectivity index (χ0v) is 11.9. The van der Waals surface area contributed by atoms with E-state index < -0.39 is 5.97 Å². The van der Waals surface area contributed by atoms with Crippen LogP contribution >= 0.6 is 0 Å². The summed E-state index contributed by atoms with van der Waals surface area (Å²) in [4.78, 5) is 15.1. The van der Waals surface area contributed by atoms with Crippen molar-refractivity contribution >= 4 is 5.97 Å². The molecule has 5 nitrogen and oxygen atoms in total. The number of rotatable bonds is 5. The number of ether oxygens (including phenoxy) is 1. The monoisotopic (exact) mass is 274 g/mol. The topological polar surface area (TPSA) is 64.4 Å². The molecule has 0 fully saturated rings. The first-order chi connectivity index (χ1) is 9.49. The lowest BCUT2D eigenvalue weighted by atomic mass is 10.2. The van der Waals surface area contributed by atoms with E-state index in [1.807, 2.05) is 20.8 Å². The van der Waals surface area contributed by atoms with Crippen molar-refractivity contribution < 1.29 is 14.6 Å². The van der Waals surface area contributed by atoms with Crippen LogP contribution in [0.15, 0.2) is 24.3 Å². The minimum Gasteiger partial charge on any atom is -0.492 e. The van der Waals surface area contributed by atoms with Crippen molar-refractivity contribution in [3.8, 4) is 5.75 Å². The molecule has 0 atom stereocenters. The van der Waals surface area contributed by atoms with Gasteiger partial charge in [0.1, 0.15) is 18.2 Å². The van der Waals surface area contributed by atoms with Gasteiger partial charge in [-0.25, -0.2) is 9.78 Å². The number of aryl methyl sites for hydroxylation is 2. The molecule has 1 heterocycles.